The Morgan fingerprint density at radius 2 is 2.19 bits per heavy atom. The minimum Gasteiger partial charge on any atom is -0.289 e. The van der Waals surface area contributed by atoms with Crippen LogP contribution in [0.4, 0.5) is 5.95 Å². The maximum absolute atomic E-state index is 12.4. The summed E-state index contributed by atoms with van der Waals surface area (Å²) in [5, 5.41) is 17.4. The van der Waals surface area contributed by atoms with Gasteiger partial charge in [-0.3, -0.25) is 10.1 Å². The summed E-state index contributed by atoms with van der Waals surface area (Å²) in [6, 6.07) is 3.41. The summed E-state index contributed by atoms with van der Waals surface area (Å²) in [5.41, 5.74) is 1.10. The maximum atomic E-state index is 12.4. The first-order valence-electron chi connectivity index (χ1n) is 6.01. The Morgan fingerprint density at radius 1 is 1.33 bits per heavy atom. The average Bonchev–Trinajstić information content (AvgIpc) is 3.11. The number of anilines is 1. The van der Waals surface area contributed by atoms with E-state index in [4.69, 9.17) is 0 Å². The van der Waals surface area contributed by atoms with Crippen LogP contribution in [0.15, 0.2) is 24.8 Å². The van der Waals surface area contributed by atoms with Crippen LogP contribution in [0.5, 0.6) is 0 Å². The molecule has 3 aromatic heterocycles. The number of aryl methyl sites for hydroxylation is 2. The van der Waals surface area contributed by atoms with Crippen molar-refractivity contribution in [3.63, 3.8) is 0 Å². The summed E-state index contributed by atoms with van der Waals surface area (Å²) in [7, 11) is 1.63. The number of rotatable bonds is 3. The molecule has 21 heavy (non-hydrogen) atoms. The van der Waals surface area contributed by atoms with Crippen LogP contribution in [0.25, 0.3) is 5.82 Å². The van der Waals surface area contributed by atoms with Gasteiger partial charge in [-0.15, -0.1) is 0 Å². The van der Waals surface area contributed by atoms with Crippen LogP contribution in [0.3, 0.4) is 0 Å². The van der Waals surface area contributed by atoms with Gasteiger partial charge in [0.2, 0.25) is 5.95 Å². The Hall–Kier alpha value is -3.17. The number of carbonyl (C=O) groups is 1. The highest BCUT2D eigenvalue weighted by Gasteiger charge is 2.17. The Balaban J connectivity index is 1.98. The molecule has 0 aliphatic heterocycles. The van der Waals surface area contributed by atoms with Crippen molar-refractivity contribution in [1.82, 2.24) is 40.0 Å². The van der Waals surface area contributed by atoms with Crippen LogP contribution in [0, 0.1) is 6.92 Å². The first kappa shape index (κ1) is 12.8. The maximum Gasteiger partial charge on any atom is 0.261 e. The zero-order valence-electron chi connectivity index (χ0n) is 11.3. The average molecular weight is 285 g/mol. The smallest absolute Gasteiger partial charge is 0.261 e. The molecular formula is C11H11N9O. The number of tetrazole rings is 1. The second-order valence-corrected chi connectivity index (χ2v) is 4.24. The summed E-state index contributed by atoms with van der Waals surface area (Å²) in [4.78, 5) is 20.6. The number of hydrogen-bond donors (Lipinski definition) is 1. The Labute approximate surface area is 118 Å². The van der Waals surface area contributed by atoms with Gasteiger partial charge in [0, 0.05) is 12.7 Å². The van der Waals surface area contributed by atoms with E-state index in [0.29, 0.717) is 11.4 Å². The van der Waals surface area contributed by atoms with E-state index in [1.165, 1.54) is 22.0 Å². The molecule has 0 aromatic carbocycles. The molecular weight excluding hydrogens is 274 g/mol. The predicted octanol–water partition coefficient (Wildman–Crippen LogP) is -0.253. The third-order valence-electron chi connectivity index (χ3n) is 2.74. The van der Waals surface area contributed by atoms with E-state index in [1.54, 1.807) is 19.2 Å². The van der Waals surface area contributed by atoms with Crippen LogP contribution < -0.4 is 5.32 Å². The van der Waals surface area contributed by atoms with Gasteiger partial charge in [-0.2, -0.15) is 5.10 Å². The lowest BCUT2D eigenvalue weighted by Crippen LogP contribution is -2.19. The third-order valence-corrected chi connectivity index (χ3v) is 2.74. The highest BCUT2D eigenvalue weighted by atomic mass is 16.2. The molecule has 0 bridgehead atoms. The normalized spacial score (nSPS) is 10.6. The Bertz CT molecular complexity index is 777. The fourth-order valence-electron chi connectivity index (χ4n) is 1.72. The van der Waals surface area contributed by atoms with Crippen molar-refractivity contribution in [2.45, 2.75) is 6.92 Å². The zero-order chi connectivity index (χ0) is 14.8. The van der Waals surface area contributed by atoms with E-state index >= 15 is 0 Å². The van der Waals surface area contributed by atoms with Crippen LogP contribution >= 0.6 is 0 Å². The van der Waals surface area contributed by atoms with E-state index in [0.717, 1.165) is 5.69 Å². The number of aromatic nitrogens is 8. The van der Waals surface area contributed by atoms with E-state index in [9.17, 15) is 4.79 Å². The molecule has 0 atom stereocenters. The van der Waals surface area contributed by atoms with Gasteiger partial charge < -0.3 is 0 Å². The molecule has 0 spiro atoms. The van der Waals surface area contributed by atoms with Gasteiger partial charge >= 0.3 is 0 Å². The standard InChI is InChI=1S/C11H11N9O/c1-7-3-4-8(9(14-7)20-6-12-5-13-20)10(21)15-11-16-17-18-19(11)2/h3-6H,1-2H3,(H,15,16,18,21). The number of nitrogens with zero attached hydrogens (tertiary/aromatic N) is 8. The van der Waals surface area contributed by atoms with Crippen molar-refractivity contribution >= 4 is 11.9 Å². The number of hydrogen-bond acceptors (Lipinski definition) is 7. The van der Waals surface area contributed by atoms with Crippen molar-refractivity contribution in [2.75, 3.05) is 5.32 Å². The first-order chi connectivity index (χ1) is 10.1. The summed E-state index contributed by atoms with van der Waals surface area (Å²) in [5.74, 6) is 0.246. The molecule has 0 saturated carbocycles. The van der Waals surface area contributed by atoms with Crippen molar-refractivity contribution in [3.05, 3.63) is 36.0 Å². The van der Waals surface area contributed by atoms with Crippen LogP contribution in [0.1, 0.15) is 16.1 Å². The van der Waals surface area contributed by atoms with Gasteiger partial charge in [0.25, 0.3) is 5.91 Å². The number of nitrogens with one attached hydrogen (secondary N) is 1. The highest BCUT2D eigenvalue weighted by Crippen LogP contribution is 2.13. The van der Waals surface area contributed by atoms with E-state index in [1.807, 2.05) is 6.92 Å². The van der Waals surface area contributed by atoms with Crippen molar-refractivity contribution in [1.29, 1.82) is 0 Å². The zero-order valence-corrected chi connectivity index (χ0v) is 11.3. The van der Waals surface area contributed by atoms with Crippen molar-refractivity contribution in [2.24, 2.45) is 7.05 Å². The SMILES string of the molecule is Cc1ccc(C(=O)Nc2nnnn2C)c(-n2cncn2)n1. The van der Waals surface area contributed by atoms with Gasteiger partial charge in [-0.25, -0.2) is 19.3 Å². The minimum absolute atomic E-state index is 0.241. The van der Waals surface area contributed by atoms with E-state index in [-0.39, 0.29) is 11.9 Å². The molecule has 3 aromatic rings. The van der Waals surface area contributed by atoms with Gasteiger partial charge in [0.1, 0.15) is 12.7 Å². The second kappa shape index (κ2) is 5.07. The summed E-state index contributed by atoms with van der Waals surface area (Å²) < 4.78 is 2.78. The molecule has 0 unspecified atom stereocenters. The molecule has 106 valence electrons. The molecule has 1 amide bonds. The van der Waals surface area contributed by atoms with E-state index < -0.39 is 0 Å². The first-order valence-corrected chi connectivity index (χ1v) is 6.01. The summed E-state index contributed by atoms with van der Waals surface area (Å²) in [6.07, 6.45) is 2.85. The van der Waals surface area contributed by atoms with Crippen LogP contribution in [-0.4, -0.2) is 45.9 Å². The van der Waals surface area contributed by atoms with E-state index in [2.05, 4.69) is 35.9 Å². The van der Waals surface area contributed by atoms with Gasteiger partial charge in [0.15, 0.2) is 5.82 Å². The lowest BCUT2D eigenvalue weighted by Gasteiger charge is -2.08. The van der Waals surface area contributed by atoms with Crippen molar-refractivity contribution in [3.8, 4) is 5.82 Å². The second-order valence-electron chi connectivity index (χ2n) is 4.24. The molecule has 10 nitrogen and oxygen atoms in total. The molecule has 1 N–H and O–H groups in total. The molecule has 0 radical (unpaired) electrons. The molecule has 0 aliphatic rings. The molecule has 10 heteroatoms. The number of pyridine rings is 1. The fourth-order valence-corrected chi connectivity index (χ4v) is 1.72. The van der Waals surface area contributed by atoms with Gasteiger partial charge in [0.05, 0.1) is 5.56 Å². The summed E-state index contributed by atoms with van der Waals surface area (Å²) >= 11 is 0. The molecule has 3 heterocycles. The van der Waals surface area contributed by atoms with Crippen LogP contribution in [0.2, 0.25) is 0 Å². The third kappa shape index (κ3) is 2.45. The minimum atomic E-state index is -0.383. The lowest BCUT2D eigenvalue weighted by atomic mass is 10.2. The lowest BCUT2D eigenvalue weighted by molar-refractivity contribution is 0.102. The number of carbonyl (C=O) groups excluding carboxylic acids is 1. The number of amides is 1. The highest BCUT2D eigenvalue weighted by molar-refractivity contribution is 6.05. The molecule has 0 fully saturated rings. The Kier molecular flexibility index (Phi) is 3.10. The molecule has 0 saturated heterocycles. The van der Waals surface area contributed by atoms with Gasteiger partial charge in [-0.1, -0.05) is 5.10 Å². The Morgan fingerprint density at radius 3 is 2.86 bits per heavy atom. The fraction of sp³-hybridized carbons (Fsp3) is 0.182. The monoisotopic (exact) mass is 285 g/mol. The quantitative estimate of drug-likeness (QED) is 0.705. The topological polar surface area (TPSA) is 116 Å². The van der Waals surface area contributed by atoms with Crippen LogP contribution in [-0.2, 0) is 7.05 Å². The van der Waals surface area contributed by atoms with Gasteiger partial charge in [-0.05, 0) is 29.5 Å². The molecule has 3 rings (SSSR count). The predicted molar refractivity (Wildman–Crippen MR) is 70.6 cm³/mol. The van der Waals surface area contributed by atoms with Crippen molar-refractivity contribution < 1.29 is 4.79 Å². The summed E-state index contributed by atoms with van der Waals surface area (Å²) in [6.45, 7) is 1.83. The molecule has 0 aliphatic carbocycles. The largest absolute Gasteiger partial charge is 0.289 e.